The summed E-state index contributed by atoms with van der Waals surface area (Å²) < 4.78 is 25.9. The third kappa shape index (κ3) is 2.67. The van der Waals surface area contributed by atoms with Crippen molar-refractivity contribution in [1.82, 2.24) is 0 Å². The highest BCUT2D eigenvalue weighted by molar-refractivity contribution is 9.10. The summed E-state index contributed by atoms with van der Waals surface area (Å²) >= 11 is 3.11. The van der Waals surface area contributed by atoms with Crippen molar-refractivity contribution in [3.8, 4) is 0 Å². The van der Waals surface area contributed by atoms with Gasteiger partial charge in [-0.2, -0.15) is 0 Å². The molecule has 1 nitrogen and oxygen atoms in total. The number of alkyl halides is 3. The third-order valence-electron chi connectivity index (χ3n) is 2.42. The lowest BCUT2D eigenvalue weighted by Crippen LogP contribution is -2.14. The second kappa shape index (κ2) is 5.53. The molecule has 1 atom stereocenters. The van der Waals surface area contributed by atoms with Gasteiger partial charge < -0.3 is 0 Å². The number of rotatable bonds is 4. The number of hydrogen-bond acceptors (Lipinski definition) is 1. The molecule has 0 aliphatic carbocycles. The fourth-order valence-corrected chi connectivity index (χ4v) is 1.85. The molecule has 88 valence electrons. The van der Waals surface area contributed by atoms with Gasteiger partial charge >= 0.3 is 0 Å². The molecule has 0 spiro atoms. The summed E-state index contributed by atoms with van der Waals surface area (Å²) in [5.41, 5.74) is 0.536. The van der Waals surface area contributed by atoms with E-state index in [2.05, 4.69) is 15.9 Å². The highest BCUT2D eigenvalue weighted by Gasteiger charge is 2.23. The van der Waals surface area contributed by atoms with Crippen LogP contribution < -0.4 is 0 Å². The molecule has 0 saturated carbocycles. The van der Waals surface area contributed by atoms with Gasteiger partial charge in [-0.1, -0.05) is 41.1 Å². The Morgan fingerprint density at radius 2 is 2.06 bits per heavy atom. The first kappa shape index (κ1) is 13.3. The van der Waals surface area contributed by atoms with Crippen LogP contribution in [0.1, 0.15) is 41.8 Å². The van der Waals surface area contributed by atoms with Crippen LogP contribution in [0, 0.1) is 0 Å². The topological polar surface area (TPSA) is 17.1 Å². The number of hydrogen-bond donors (Lipinski definition) is 0. The van der Waals surface area contributed by atoms with E-state index < -0.39 is 11.3 Å². The maximum Gasteiger partial charge on any atom is 0.264 e. The Morgan fingerprint density at radius 3 is 2.50 bits per heavy atom. The molecule has 4 heteroatoms. The standard InChI is InChI=1S/C12H13BrF2O/c1-3-8-5-4-6-9(10(8)12(14)15)11(16)7(2)13/h4-7,12H,3H2,1-2H3. The predicted molar refractivity (Wildman–Crippen MR) is 63.5 cm³/mol. The molecule has 0 N–H and O–H groups in total. The zero-order valence-electron chi connectivity index (χ0n) is 9.14. The molecule has 0 aliphatic heterocycles. The minimum absolute atomic E-state index is 0.124. The summed E-state index contributed by atoms with van der Waals surface area (Å²) in [6.07, 6.45) is -2.11. The van der Waals surface area contributed by atoms with Gasteiger partial charge in [-0.05, 0) is 18.9 Å². The average molecular weight is 291 g/mol. The van der Waals surface area contributed by atoms with Crippen LogP contribution in [0.25, 0.3) is 0 Å². The molecule has 1 unspecified atom stereocenters. The van der Waals surface area contributed by atoms with Crippen molar-refractivity contribution in [2.75, 3.05) is 0 Å². The van der Waals surface area contributed by atoms with E-state index in [1.54, 1.807) is 26.0 Å². The van der Waals surface area contributed by atoms with Crippen LogP contribution >= 0.6 is 15.9 Å². The second-order valence-corrected chi connectivity index (χ2v) is 4.89. The highest BCUT2D eigenvalue weighted by Crippen LogP contribution is 2.28. The van der Waals surface area contributed by atoms with E-state index in [-0.39, 0.29) is 16.9 Å². The van der Waals surface area contributed by atoms with Crippen LogP contribution in [0.15, 0.2) is 18.2 Å². The number of ketones is 1. The molecule has 0 saturated heterocycles. The van der Waals surface area contributed by atoms with Crippen molar-refractivity contribution in [2.45, 2.75) is 31.5 Å². The average Bonchev–Trinajstić information content (AvgIpc) is 2.26. The summed E-state index contributed by atoms with van der Waals surface area (Å²) in [4.78, 5) is 11.3. The van der Waals surface area contributed by atoms with Crippen LogP contribution in [-0.2, 0) is 6.42 Å². The Kier molecular flexibility index (Phi) is 4.59. The monoisotopic (exact) mass is 290 g/mol. The van der Waals surface area contributed by atoms with E-state index in [1.165, 1.54) is 6.07 Å². The minimum atomic E-state index is -2.61. The molecule has 0 fully saturated rings. The van der Waals surface area contributed by atoms with Crippen LogP contribution in [0.2, 0.25) is 0 Å². The third-order valence-corrected chi connectivity index (χ3v) is 2.84. The van der Waals surface area contributed by atoms with Gasteiger partial charge in [0.2, 0.25) is 0 Å². The lowest BCUT2D eigenvalue weighted by atomic mass is 9.96. The van der Waals surface area contributed by atoms with Gasteiger partial charge in [0, 0.05) is 11.1 Å². The van der Waals surface area contributed by atoms with E-state index in [4.69, 9.17) is 0 Å². The van der Waals surface area contributed by atoms with Gasteiger partial charge in [-0.25, -0.2) is 8.78 Å². The first-order chi connectivity index (χ1) is 7.49. The Balaban J connectivity index is 3.33. The molecule has 0 bridgehead atoms. The zero-order chi connectivity index (χ0) is 12.3. The molecular formula is C12H13BrF2O. The van der Waals surface area contributed by atoms with Crippen LogP contribution in [0.3, 0.4) is 0 Å². The van der Waals surface area contributed by atoms with Crippen LogP contribution in [0.4, 0.5) is 8.78 Å². The molecule has 0 amide bonds. The maximum atomic E-state index is 12.9. The number of benzene rings is 1. The Hall–Kier alpha value is -0.770. The summed E-state index contributed by atoms with van der Waals surface area (Å²) in [7, 11) is 0. The molecule has 1 aromatic carbocycles. The lowest BCUT2D eigenvalue weighted by Gasteiger charge is -2.13. The van der Waals surface area contributed by atoms with Gasteiger partial charge in [0.25, 0.3) is 6.43 Å². The van der Waals surface area contributed by atoms with Crippen molar-refractivity contribution < 1.29 is 13.6 Å². The fraction of sp³-hybridized carbons (Fsp3) is 0.417. The van der Waals surface area contributed by atoms with Crippen molar-refractivity contribution in [1.29, 1.82) is 0 Å². The number of aryl methyl sites for hydroxylation is 1. The van der Waals surface area contributed by atoms with E-state index in [1.807, 2.05) is 0 Å². The Morgan fingerprint density at radius 1 is 1.44 bits per heavy atom. The van der Waals surface area contributed by atoms with E-state index in [9.17, 15) is 13.6 Å². The molecule has 0 aliphatic rings. The first-order valence-corrected chi connectivity index (χ1v) is 5.98. The lowest BCUT2D eigenvalue weighted by molar-refractivity contribution is 0.0981. The van der Waals surface area contributed by atoms with E-state index in [0.717, 1.165) is 0 Å². The highest BCUT2D eigenvalue weighted by atomic mass is 79.9. The number of Topliss-reactive ketones (excluding diaryl/α,β-unsaturated/α-hetero) is 1. The molecule has 0 heterocycles. The van der Waals surface area contributed by atoms with Crippen molar-refractivity contribution in [3.05, 3.63) is 34.9 Å². The Labute approximate surface area is 102 Å². The Bertz CT molecular complexity index is 389. The van der Waals surface area contributed by atoms with Gasteiger partial charge in [0.1, 0.15) is 0 Å². The van der Waals surface area contributed by atoms with Crippen LogP contribution in [-0.4, -0.2) is 10.6 Å². The van der Waals surface area contributed by atoms with E-state index in [0.29, 0.717) is 12.0 Å². The fourth-order valence-electron chi connectivity index (χ4n) is 1.61. The van der Waals surface area contributed by atoms with Gasteiger partial charge in [0.05, 0.1) is 4.83 Å². The molecule has 1 aromatic rings. The van der Waals surface area contributed by atoms with Crippen molar-refractivity contribution >= 4 is 21.7 Å². The summed E-state index contributed by atoms with van der Waals surface area (Å²) in [5.74, 6) is -0.300. The number of carbonyl (C=O) groups excluding carboxylic acids is 1. The minimum Gasteiger partial charge on any atom is -0.293 e. The summed E-state index contributed by atoms with van der Waals surface area (Å²) in [6, 6.07) is 4.74. The van der Waals surface area contributed by atoms with E-state index >= 15 is 0 Å². The van der Waals surface area contributed by atoms with Gasteiger partial charge in [-0.15, -0.1) is 0 Å². The first-order valence-electron chi connectivity index (χ1n) is 5.07. The SMILES string of the molecule is CCc1cccc(C(=O)C(C)Br)c1C(F)F. The predicted octanol–water partition coefficient (Wildman–Crippen LogP) is 4.15. The molecular weight excluding hydrogens is 278 g/mol. The van der Waals surface area contributed by atoms with Crippen LogP contribution in [0.5, 0.6) is 0 Å². The van der Waals surface area contributed by atoms with Gasteiger partial charge in [-0.3, -0.25) is 4.79 Å². The zero-order valence-corrected chi connectivity index (χ0v) is 10.7. The number of halogens is 3. The quantitative estimate of drug-likeness (QED) is 0.601. The van der Waals surface area contributed by atoms with Crippen molar-refractivity contribution in [2.24, 2.45) is 0 Å². The molecule has 0 radical (unpaired) electrons. The molecule has 1 rings (SSSR count). The van der Waals surface area contributed by atoms with Crippen molar-refractivity contribution in [3.63, 3.8) is 0 Å². The molecule has 16 heavy (non-hydrogen) atoms. The molecule has 0 aromatic heterocycles. The second-order valence-electron chi connectivity index (χ2n) is 3.51. The summed E-state index contributed by atoms with van der Waals surface area (Å²) in [5, 5.41) is 0. The number of carbonyl (C=O) groups is 1. The normalized spacial score (nSPS) is 12.9. The summed E-state index contributed by atoms with van der Waals surface area (Å²) in [6.45, 7) is 3.43. The maximum absolute atomic E-state index is 12.9. The van der Waals surface area contributed by atoms with Gasteiger partial charge in [0.15, 0.2) is 5.78 Å². The largest absolute Gasteiger partial charge is 0.293 e. The smallest absolute Gasteiger partial charge is 0.264 e.